The molecule has 0 heterocycles. The zero-order chi connectivity index (χ0) is 13.5. The summed E-state index contributed by atoms with van der Waals surface area (Å²) in [5.41, 5.74) is 4.51. The first-order valence-electron chi connectivity index (χ1n) is 5.34. The van der Waals surface area contributed by atoms with Gasteiger partial charge in [-0.05, 0) is 31.2 Å². The topological polar surface area (TPSA) is 77.3 Å². The maximum atomic E-state index is 10.6. The highest BCUT2D eigenvalue weighted by atomic mass is 16.4. The van der Waals surface area contributed by atoms with Gasteiger partial charge in [0, 0.05) is 14.1 Å². The summed E-state index contributed by atoms with van der Waals surface area (Å²) in [7, 11) is 3.66. The maximum absolute atomic E-state index is 10.6. The van der Waals surface area contributed by atoms with E-state index in [4.69, 9.17) is 5.11 Å². The molecule has 0 aliphatic rings. The summed E-state index contributed by atoms with van der Waals surface area (Å²) in [4.78, 5) is 10.6. The SMILES string of the molecule is CC(C=NNc1ccc(C(=O)O)cc1)=NN(C)C. The zero-order valence-electron chi connectivity index (χ0n) is 10.6. The first-order valence-corrected chi connectivity index (χ1v) is 5.34. The Labute approximate surface area is 106 Å². The molecule has 0 bridgehead atoms. The van der Waals surface area contributed by atoms with Crippen LogP contribution >= 0.6 is 0 Å². The number of anilines is 1. The van der Waals surface area contributed by atoms with E-state index in [9.17, 15) is 4.79 Å². The van der Waals surface area contributed by atoms with Crippen LogP contribution in [0.4, 0.5) is 5.69 Å². The van der Waals surface area contributed by atoms with Gasteiger partial charge in [-0.1, -0.05) is 0 Å². The van der Waals surface area contributed by atoms with Gasteiger partial charge in [-0.15, -0.1) is 0 Å². The molecule has 0 saturated carbocycles. The van der Waals surface area contributed by atoms with Gasteiger partial charge in [-0.25, -0.2) is 4.79 Å². The summed E-state index contributed by atoms with van der Waals surface area (Å²) in [5.74, 6) is -0.945. The number of hydrazone groups is 2. The lowest BCUT2D eigenvalue weighted by molar-refractivity contribution is 0.0697. The standard InChI is InChI=1S/C12H16N4O2/c1-9(15-16(2)3)8-13-14-11-6-4-10(5-7-11)12(17)18/h4-8,14H,1-3H3,(H,17,18). The number of carboxylic acids is 1. The molecule has 1 aromatic carbocycles. The second-order valence-electron chi connectivity index (χ2n) is 3.84. The molecule has 0 aromatic heterocycles. The number of aromatic carboxylic acids is 1. The van der Waals surface area contributed by atoms with Crippen LogP contribution in [-0.4, -0.2) is 42.1 Å². The van der Waals surface area contributed by atoms with Crippen LogP contribution < -0.4 is 5.43 Å². The van der Waals surface area contributed by atoms with Crippen LogP contribution in [0.25, 0.3) is 0 Å². The van der Waals surface area contributed by atoms with E-state index >= 15 is 0 Å². The zero-order valence-corrected chi connectivity index (χ0v) is 10.6. The van der Waals surface area contributed by atoms with Crippen molar-refractivity contribution in [1.82, 2.24) is 5.01 Å². The van der Waals surface area contributed by atoms with Crippen molar-refractivity contribution in [3.8, 4) is 0 Å². The normalized spacial score (nSPS) is 11.6. The molecule has 0 aliphatic carbocycles. The number of hydrogen-bond acceptors (Lipinski definition) is 5. The van der Waals surface area contributed by atoms with Crippen LogP contribution in [0, 0.1) is 0 Å². The van der Waals surface area contributed by atoms with E-state index in [0.717, 1.165) is 5.71 Å². The molecule has 6 nitrogen and oxygen atoms in total. The monoisotopic (exact) mass is 248 g/mol. The lowest BCUT2D eigenvalue weighted by atomic mass is 10.2. The molecule has 2 N–H and O–H groups in total. The van der Waals surface area contributed by atoms with Crippen molar-refractivity contribution in [3.63, 3.8) is 0 Å². The summed E-state index contributed by atoms with van der Waals surface area (Å²) in [6, 6.07) is 6.33. The molecule has 0 amide bonds. The summed E-state index contributed by atoms with van der Waals surface area (Å²) in [6.45, 7) is 1.83. The number of hydrogen-bond donors (Lipinski definition) is 2. The van der Waals surface area contributed by atoms with Crippen molar-refractivity contribution in [2.45, 2.75) is 6.92 Å². The number of benzene rings is 1. The van der Waals surface area contributed by atoms with Crippen LogP contribution in [0.3, 0.4) is 0 Å². The quantitative estimate of drug-likeness (QED) is 0.614. The predicted octanol–water partition coefficient (Wildman–Crippen LogP) is 1.72. The third kappa shape index (κ3) is 4.65. The van der Waals surface area contributed by atoms with Crippen LogP contribution in [0.2, 0.25) is 0 Å². The van der Waals surface area contributed by atoms with Gasteiger partial charge in [0.25, 0.3) is 0 Å². The number of nitrogens with zero attached hydrogens (tertiary/aromatic N) is 3. The maximum Gasteiger partial charge on any atom is 0.335 e. The van der Waals surface area contributed by atoms with Crippen molar-refractivity contribution in [2.24, 2.45) is 10.2 Å². The Balaban J connectivity index is 2.59. The lowest BCUT2D eigenvalue weighted by Crippen LogP contribution is -2.07. The van der Waals surface area contributed by atoms with E-state index in [2.05, 4.69) is 15.6 Å². The van der Waals surface area contributed by atoms with Gasteiger partial charge in [0.2, 0.25) is 0 Å². The predicted molar refractivity (Wildman–Crippen MR) is 72.3 cm³/mol. The van der Waals surface area contributed by atoms with Gasteiger partial charge in [0.05, 0.1) is 23.2 Å². The minimum Gasteiger partial charge on any atom is -0.478 e. The molecule has 1 aromatic rings. The molecule has 0 spiro atoms. The lowest BCUT2D eigenvalue weighted by Gasteiger charge is -2.04. The van der Waals surface area contributed by atoms with Crippen molar-refractivity contribution >= 4 is 23.6 Å². The first-order chi connectivity index (χ1) is 8.49. The molecule has 96 valence electrons. The van der Waals surface area contributed by atoms with E-state index < -0.39 is 5.97 Å². The molecule has 6 heteroatoms. The Bertz CT molecular complexity index is 463. The van der Waals surface area contributed by atoms with E-state index in [-0.39, 0.29) is 5.56 Å². The van der Waals surface area contributed by atoms with Gasteiger partial charge in [0.1, 0.15) is 0 Å². The van der Waals surface area contributed by atoms with Crippen molar-refractivity contribution in [3.05, 3.63) is 29.8 Å². The summed E-state index contributed by atoms with van der Waals surface area (Å²) >= 11 is 0. The highest BCUT2D eigenvalue weighted by Gasteiger charge is 2.00. The Morgan fingerprint density at radius 2 is 1.94 bits per heavy atom. The largest absolute Gasteiger partial charge is 0.478 e. The second kappa shape index (κ2) is 6.39. The number of carboxylic acid groups (broad SMARTS) is 1. The van der Waals surface area contributed by atoms with E-state index in [1.165, 1.54) is 12.1 Å². The Hall–Kier alpha value is -2.37. The Morgan fingerprint density at radius 1 is 1.33 bits per heavy atom. The van der Waals surface area contributed by atoms with Crippen molar-refractivity contribution < 1.29 is 9.90 Å². The second-order valence-corrected chi connectivity index (χ2v) is 3.84. The average molecular weight is 248 g/mol. The van der Waals surface area contributed by atoms with Crippen molar-refractivity contribution in [1.29, 1.82) is 0 Å². The molecule has 0 saturated heterocycles. The van der Waals surface area contributed by atoms with E-state index in [0.29, 0.717) is 5.69 Å². The van der Waals surface area contributed by atoms with E-state index in [1.807, 2.05) is 21.0 Å². The first kappa shape index (κ1) is 13.7. The van der Waals surface area contributed by atoms with Crippen molar-refractivity contribution in [2.75, 3.05) is 19.5 Å². The minimum absolute atomic E-state index is 0.245. The Morgan fingerprint density at radius 3 is 2.44 bits per heavy atom. The number of rotatable bonds is 5. The molecule has 1 rings (SSSR count). The third-order valence-corrected chi connectivity index (χ3v) is 1.93. The van der Waals surface area contributed by atoms with Crippen LogP contribution in [0.15, 0.2) is 34.5 Å². The highest BCUT2D eigenvalue weighted by molar-refractivity contribution is 6.29. The molecule has 0 radical (unpaired) electrons. The van der Waals surface area contributed by atoms with E-state index in [1.54, 1.807) is 23.4 Å². The van der Waals surface area contributed by atoms with Gasteiger partial charge >= 0.3 is 5.97 Å². The van der Waals surface area contributed by atoms with Gasteiger partial charge in [0.15, 0.2) is 0 Å². The van der Waals surface area contributed by atoms with Gasteiger partial charge in [-0.3, -0.25) is 5.43 Å². The molecule has 0 unspecified atom stereocenters. The molecule has 0 atom stereocenters. The molecular weight excluding hydrogens is 232 g/mol. The van der Waals surface area contributed by atoms with Crippen LogP contribution in [0.1, 0.15) is 17.3 Å². The molecule has 18 heavy (non-hydrogen) atoms. The average Bonchev–Trinajstić information content (AvgIpc) is 2.28. The summed E-state index contributed by atoms with van der Waals surface area (Å²) in [6.07, 6.45) is 1.59. The Kier molecular flexibility index (Phi) is 4.86. The highest BCUT2D eigenvalue weighted by Crippen LogP contribution is 2.09. The smallest absolute Gasteiger partial charge is 0.335 e. The minimum atomic E-state index is -0.945. The van der Waals surface area contributed by atoms with Gasteiger partial charge < -0.3 is 10.1 Å². The number of carbonyl (C=O) groups is 1. The van der Waals surface area contributed by atoms with Crippen LogP contribution in [0.5, 0.6) is 0 Å². The third-order valence-electron chi connectivity index (χ3n) is 1.93. The summed E-state index contributed by atoms with van der Waals surface area (Å²) in [5, 5.41) is 18.5. The summed E-state index contributed by atoms with van der Waals surface area (Å²) < 4.78 is 0. The van der Waals surface area contributed by atoms with Crippen LogP contribution in [-0.2, 0) is 0 Å². The molecular formula is C12H16N4O2. The molecule has 0 aliphatic heterocycles. The fourth-order valence-corrected chi connectivity index (χ4v) is 1.23. The molecule has 0 fully saturated rings. The number of nitrogens with one attached hydrogen (secondary N) is 1. The fourth-order valence-electron chi connectivity index (χ4n) is 1.23. The fraction of sp³-hybridized carbons (Fsp3) is 0.250. The van der Waals surface area contributed by atoms with Gasteiger partial charge in [-0.2, -0.15) is 10.2 Å².